The zero-order valence-corrected chi connectivity index (χ0v) is 20.5. The molecule has 0 aliphatic rings. The highest BCUT2D eigenvalue weighted by Gasteiger charge is 2.22. The molecule has 4 aromatic rings. The smallest absolute Gasteiger partial charge is 0.270 e. The summed E-state index contributed by atoms with van der Waals surface area (Å²) in [5.74, 6) is 0.869. The number of nitro groups is 1. The van der Waals surface area contributed by atoms with Crippen molar-refractivity contribution in [2.24, 2.45) is 0 Å². The molecule has 3 aromatic carbocycles. The number of thioether (sulfide) groups is 1. The second kappa shape index (κ2) is 10.5. The quantitative estimate of drug-likeness (QED) is 0.198. The summed E-state index contributed by atoms with van der Waals surface area (Å²) < 4.78 is 1.94. The van der Waals surface area contributed by atoms with Gasteiger partial charge in [0.1, 0.15) is 0 Å². The van der Waals surface area contributed by atoms with Crippen LogP contribution in [0.2, 0.25) is 0 Å². The number of hydrogen-bond acceptors (Lipinski definition) is 6. The number of carbonyl (C=O) groups is 1. The Morgan fingerprint density at radius 3 is 2.49 bits per heavy atom. The van der Waals surface area contributed by atoms with Crippen molar-refractivity contribution in [1.29, 1.82) is 0 Å². The van der Waals surface area contributed by atoms with Gasteiger partial charge in [-0.15, -0.1) is 10.2 Å². The first kappa shape index (κ1) is 24.2. The summed E-state index contributed by atoms with van der Waals surface area (Å²) in [5.41, 5.74) is 4.47. The number of nitrogens with zero attached hydrogens (tertiary/aromatic N) is 4. The van der Waals surface area contributed by atoms with E-state index in [4.69, 9.17) is 0 Å². The third-order valence-corrected chi connectivity index (χ3v) is 6.46. The number of nitro benzene ring substituents is 1. The van der Waals surface area contributed by atoms with Crippen LogP contribution in [0.5, 0.6) is 0 Å². The van der Waals surface area contributed by atoms with Gasteiger partial charge in [-0.1, -0.05) is 65.4 Å². The molecule has 1 amide bonds. The van der Waals surface area contributed by atoms with E-state index in [9.17, 15) is 14.9 Å². The van der Waals surface area contributed by atoms with Gasteiger partial charge in [-0.3, -0.25) is 19.5 Å². The Morgan fingerprint density at radius 1 is 1.03 bits per heavy atom. The molecule has 0 aliphatic heterocycles. The minimum absolute atomic E-state index is 0.136. The number of nitrogens with one attached hydrogen (secondary N) is 1. The lowest BCUT2D eigenvalue weighted by atomic mass is 10.1. The molecule has 1 unspecified atom stereocenters. The predicted molar refractivity (Wildman–Crippen MR) is 136 cm³/mol. The van der Waals surface area contributed by atoms with Gasteiger partial charge >= 0.3 is 0 Å². The van der Waals surface area contributed by atoms with Crippen LogP contribution in [0.4, 0.5) is 5.69 Å². The summed E-state index contributed by atoms with van der Waals surface area (Å²) in [5, 5.41) is 23.5. The highest BCUT2D eigenvalue weighted by Crippen LogP contribution is 2.28. The molecule has 0 saturated carbocycles. The van der Waals surface area contributed by atoms with E-state index in [2.05, 4.69) is 40.6 Å². The van der Waals surface area contributed by atoms with Crippen LogP contribution >= 0.6 is 11.8 Å². The number of aryl methyl sites for hydroxylation is 2. The number of amides is 1. The topological polar surface area (TPSA) is 103 Å². The highest BCUT2D eigenvalue weighted by molar-refractivity contribution is 7.98. The third-order valence-electron chi connectivity index (χ3n) is 5.46. The Hall–Kier alpha value is -3.98. The SMILES string of the molecule is Cc1ccc(-n2c(SCc3cccc(C)c3)nnc2C(C)NC(=O)c2cccc([N+](=O)[O-])c2)cc1. The highest BCUT2D eigenvalue weighted by atomic mass is 32.2. The van der Waals surface area contributed by atoms with Crippen molar-refractivity contribution >= 4 is 23.4 Å². The molecule has 0 radical (unpaired) electrons. The summed E-state index contributed by atoms with van der Waals surface area (Å²) in [6, 6.07) is 21.5. The number of carbonyl (C=O) groups excluding carboxylic acids is 1. The van der Waals surface area contributed by atoms with Gasteiger partial charge in [0, 0.05) is 29.1 Å². The van der Waals surface area contributed by atoms with Gasteiger partial charge in [0.2, 0.25) is 0 Å². The second-order valence-electron chi connectivity index (χ2n) is 8.29. The molecule has 8 nitrogen and oxygen atoms in total. The molecule has 4 rings (SSSR count). The molecule has 178 valence electrons. The van der Waals surface area contributed by atoms with Crippen molar-refractivity contribution < 1.29 is 9.72 Å². The van der Waals surface area contributed by atoms with Crippen LogP contribution in [0.15, 0.2) is 78.0 Å². The lowest BCUT2D eigenvalue weighted by molar-refractivity contribution is -0.384. The van der Waals surface area contributed by atoms with Crippen molar-refractivity contribution in [3.63, 3.8) is 0 Å². The normalized spacial score (nSPS) is 11.7. The zero-order chi connectivity index (χ0) is 24.9. The van der Waals surface area contributed by atoms with Crippen molar-refractivity contribution in [3.05, 3.63) is 111 Å². The summed E-state index contributed by atoms with van der Waals surface area (Å²) in [7, 11) is 0. The second-order valence-corrected chi connectivity index (χ2v) is 9.23. The van der Waals surface area contributed by atoms with Gasteiger partial charge in [0.25, 0.3) is 11.6 Å². The number of benzene rings is 3. The first-order valence-corrected chi connectivity index (χ1v) is 12.1. The van der Waals surface area contributed by atoms with Gasteiger partial charge in [0.15, 0.2) is 11.0 Å². The molecule has 0 aliphatic carbocycles. The molecule has 1 N–H and O–H groups in total. The van der Waals surface area contributed by atoms with E-state index >= 15 is 0 Å². The Balaban J connectivity index is 1.62. The van der Waals surface area contributed by atoms with Crippen molar-refractivity contribution in [2.45, 2.75) is 37.7 Å². The summed E-state index contributed by atoms with van der Waals surface area (Å²) in [6.07, 6.45) is 0. The van der Waals surface area contributed by atoms with E-state index in [-0.39, 0.29) is 11.3 Å². The molecule has 1 heterocycles. The van der Waals surface area contributed by atoms with Gasteiger partial charge in [0.05, 0.1) is 11.0 Å². The van der Waals surface area contributed by atoms with Crippen molar-refractivity contribution in [3.8, 4) is 5.69 Å². The van der Waals surface area contributed by atoms with Crippen LogP contribution in [-0.2, 0) is 5.75 Å². The molecule has 1 atom stereocenters. The zero-order valence-electron chi connectivity index (χ0n) is 19.6. The van der Waals surface area contributed by atoms with Crippen molar-refractivity contribution in [2.75, 3.05) is 0 Å². The molecule has 0 saturated heterocycles. The van der Waals surface area contributed by atoms with Crippen molar-refractivity contribution in [1.82, 2.24) is 20.1 Å². The van der Waals surface area contributed by atoms with Crippen LogP contribution in [0.1, 0.15) is 45.8 Å². The van der Waals surface area contributed by atoms with E-state index in [1.165, 1.54) is 29.3 Å². The van der Waals surface area contributed by atoms with E-state index < -0.39 is 16.9 Å². The molecule has 0 fully saturated rings. The average Bonchev–Trinajstić information content (AvgIpc) is 3.27. The Labute approximate surface area is 207 Å². The maximum Gasteiger partial charge on any atom is 0.270 e. The van der Waals surface area contributed by atoms with Gasteiger partial charge in [-0.05, 0) is 44.5 Å². The fraction of sp³-hybridized carbons (Fsp3) is 0.192. The largest absolute Gasteiger partial charge is 0.342 e. The standard InChI is InChI=1S/C26H25N5O3S/c1-17-10-12-22(13-11-17)30-24(28-29-26(30)35-16-20-7-4-6-18(2)14-20)19(3)27-25(32)21-8-5-9-23(15-21)31(33)34/h4-15,19H,16H2,1-3H3,(H,27,32). The fourth-order valence-electron chi connectivity index (χ4n) is 3.65. The van der Waals surface area contributed by atoms with Crippen LogP contribution in [0.3, 0.4) is 0 Å². The predicted octanol–water partition coefficient (Wildman–Crippen LogP) is 5.58. The van der Waals surface area contributed by atoms with Gasteiger partial charge in [-0.2, -0.15) is 0 Å². The van der Waals surface area contributed by atoms with Crippen LogP contribution < -0.4 is 5.32 Å². The van der Waals surface area contributed by atoms with E-state index in [1.807, 2.05) is 48.7 Å². The number of rotatable bonds is 8. The number of hydrogen-bond donors (Lipinski definition) is 1. The Morgan fingerprint density at radius 2 is 1.77 bits per heavy atom. The van der Waals surface area contributed by atoms with E-state index in [1.54, 1.807) is 17.8 Å². The van der Waals surface area contributed by atoms with Crippen LogP contribution in [0.25, 0.3) is 5.69 Å². The maximum absolute atomic E-state index is 12.8. The Bertz CT molecular complexity index is 1370. The lowest BCUT2D eigenvalue weighted by Gasteiger charge is -2.16. The summed E-state index contributed by atoms with van der Waals surface area (Å²) in [6.45, 7) is 5.90. The molecular weight excluding hydrogens is 462 g/mol. The molecular formula is C26H25N5O3S. The summed E-state index contributed by atoms with van der Waals surface area (Å²) >= 11 is 1.57. The molecule has 9 heteroatoms. The fourth-order valence-corrected chi connectivity index (χ4v) is 4.55. The van der Waals surface area contributed by atoms with E-state index in [0.29, 0.717) is 11.0 Å². The molecule has 1 aromatic heterocycles. The minimum Gasteiger partial charge on any atom is -0.342 e. The minimum atomic E-state index is -0.522. The third kappa shape index (κ3) is 5.75. The molecule has 35 heavy (non-hydrogen) atoms. The number of non-ortho nitro benzene ring substituents is 1. The first-order valence-electron chi connectivity index (χ1n) is 11.1. The Kier molecular flexibility index (Phi) is 7.26. The van der Waals surface area contributed by atoms with Crippen LogP contribution in [-0.4, -0.2) is 25.6 Å². The van der Waals surface area contributed by atoms with Crippen LogP contribution in [0, 0.1) is 24.0 Å². The maximum atomic E-state index is 12.8. The molecule has 0 spiro atoms. The lowest BCUT2D eigenvalue weighted by Crippen LogP contribution is -2.28. The monoisotopic (exact) mass is 487 g/mol. The van der Waals surface area contributed by atoms with Gasteiger partial charge < -0.3 is 5.32 Å². The summed E-state index contributed by atoms with van der Waals surface area (Å²) in [4.78, 5) is 23.4. The first-order chi connectivity index (χ1) is 16.8. The van der Waals surface area contributed by atoms with E-state index in [0.717, 1.165) is 17.0 Å². The number of aromatic nitrogens is 3. The average molecular weight is 488 g/mol. The molecule has 0 bridgehead atoms. The van der Waals surface area contributed by atoms with Gasteiger partial charge in [-0.25, -0.2) is 0 Å².